The fourth-order valence-electron chi connectivity index (χ4n) is 2.49. The minimum absolute atomic E-state index is 0.0248. The zero-order valence-electron chi connectivity index (χ0n) is 13.4. The first-order valence-electron chi connectivity index (χ1n) is 7.82. The Morgan fingerprint density at radius 2 is 2.17 bits per heavy atom. The Morgan fingerprint density at radius 1 is 1.29 bits per heavy atom. The Morgan fingerprint density at radius 3 is 2.88 bits per heavy atom. The van der Waals surface area contributed by atoms with Crippen LogP contribution in [-0.2, 0) is 0 Å². The number of carbonyl (C=O) groups excluding carboxylic acids is 1. The van der Waals surface area contributed by atoms with Gasteiger partial charge in [-0.1, -0.05) is 18.2 Å². The number of nitrogens with one attached hydrogen (secondary N) is 1. The number of thiophene rings is 1. The molecule has 3 aromatic rings. The lowest BCUT2D eigenvalue weighted by Gasteiger charge is -2.18. The van der Waals surface area contributed by atoms with Crippen LogP contribution in [0.1, 0.15) is 28.2 Å². The van der Waals surface area contributed by atoms with Crippen LogP contribution in [0.5, 0.6) is 5.75 Å². The molecule has 3 rings (SSSR count). The molecule has 2 heterocycles. The summed E-state index contributed by atoms with van der Waals surface area (Å²) in [7, 11) is 0. The summed E-state index contributed by atoms with van der Waals surface area (Å²) in [5.74, 6) is 0.456. The second kappa shape index (κ2) is 7.79. The van der Waals surface area contributed by atoms with Gasteiger partial charge >= 0.3 is 0 Å². The highest BCUT2D eigenvalue weighted by molar-refractivity contribution is 7.10. The zero-order chi connectivity index (χ0) is 16.8. The van der Waals surface area contributed by atoms with Gasteiger partial charge in [0.05, 0.1) is 12.2 Å². The number of amides is 1. The minimum Gasteiger partial charge on any atom is -0.493 e. The van der Waals surface area contributed by atoms with Gasteiger partial charge in [-0.15, -0.1) is 11.3 Å². The van der Waals surface area contributed by atoms with E-state index in [9.17, 15) is 4.79 Å². The summed E-state index contributed by atoms with van der Waals surface area (Å²) in [4.78, 5) is 13.7. The molecule has 2 aromatic heterocycles. The van der Waals surface area contributed by atoms with Crippen molar-refractivity contribution >= 4 is 17.2 Å². The van der Waals surface area contributed by atoms with Crippen LogP contribution in [0, 0.1) is 0 Å². The molecule has 6 heteroatoms. The molecule has 0 spiro atoms. The molecule has 1 N–H and O–H groups in total. The van der Waals surface area contributed by atoms with Crippen LogP contribution in [0.25, 0.3) is 0 Å². The molecular formula is C18H19N3O2S. The number of hydrogen-bond donors (Lipinski definition) is 1. The molecule has 0 aliphatic heterocycles. The van der Waals surface area contributed by atoms with E-state index in [0.717, 1.165) is 4.88 Å². The maximum Gasteiger partial charge on any atom is 0.255 e. The molecule has 0 aliphatic carbocycles. The fourth-order valence-corrected chi connectivity index (χ4v) is 3.31. The van der Waals surface area contributed by atoms with Gasteiger partial charge in [0, 0.05) is 23.8 Å². The highest BCUT2D eigenvalue weighted by Crippen LogP contribution is 2.23. The van der Waals surface area contributed by atoms with Gasteiger partial charge in [0.2, 0.25) is 0 Å². The standard InChI is InChI=1S/C18H19N3O2S/c1-2-23-16-8-4-3-7-14(16)18(22)19-13-15(17-9-5-12-24-17)21-11-6-10-20-21/h3-12,15H,2,13H2,1H3,(H,19,22)/t15-/m1/s1. The number of para-hydroxylation sites is 1. The van der Waals surface area contributed by atoms with Gasteiger partial charge in [-0.25, -0.2) is 0 Å². The third-order valence-corrected chi connectivity index (χ3v) is 4.58. The van der Waals surface area contributed by atoms with Crippen molar-refractivity contribution in [3.63, 3.8) is 0 Å². The largest absolute Gasteiger partial charge is 0.493 e. The van der Waals surface area contributed by atoms with Crippen LogP contribution in [0.4, 0.5) is 0 Å². The molecule has 5 nitrogen and oxygen atoms in total. The van der Waals surface area contributed by atoms with Crippen LogP contribution in [0.2, 0.25) is 0 Å². The van der Waals surface area contributed by atoms with Crippen molar-refractivity contribution in [2.45, 2.75) is 13.0 Å². The fraction of sp³-hybridized carbons (Fsp3) is 0.222. The van der Waals surface area contributed by atoms with Gasteiger partial charge in [-0.2, -0.15) is 5.10 Å². The number of aromatic nitrogens is 2. The molecule has 0 aliphatic rings. The lowest BCUT2D eigenvalue weighted by molar-refractivity contribution is 0.0945. The lowest BCUT2D eigenvalue weighted by Crippen LogP contribution is -2.31. The van der Waals surface area contributed by atoms with E-state index >= 15 is 0 Å². The Kier molecular flexibility index (Phi) is 5.28. The van der Waals surface area contributed by atoms with E-state index in [2.05, 4.69) is 16.5 Å². The monoisotopic (exact) mass is 341 g/mol. The van der Waals surface area contributed by atoms with E-state index in [4.69, 9.17) is 4.74 Å². The maximum atomic E-state index is 12.6. The predicted molar refractivity (Wildman–Crippen MR) is 94.6 cm³/mol. The van der Waals surface area contributed by atoms with Gasteiger partial charge in [-0.05, 0) is 36.6 Å². The van der Waals surface area contributed by atoms with Gasteiger partial charge in [0.1, 0.15) is 11.8 Å². The second-order valence-electron chi connectivity index (χ2n) is 5.16. The molecule has 0 saturated heterocycles. The topological polar surface area (TPSA) is 56.1 Å². The third kappa shape index (κ3) is 3.65. The quantitative estimate of drug-likeness (QED) is 0.717. The smallest absolute Gasteiger partial charge is 0.255 e. The minimum atomic E-state index is -0.146. The van der Waals surface area contributed by atoms with E-state index in [1.54, 1.807) is 23.6 Å². The average Bonchev–Trinajstić information content (AvgIpc) is 3.30. The van der Waals surface area contributed by atoms with E-state index in [1.807, 2.05) is 53.5 Å². The van der Waals surface area contributed by atoms with Gasteiger partial charge in [0.15, 0.2) is 0 Å². The molecule has 24 heavy (non-hydrogen) atoms. The van der Waals surface area contributed by atoms with Crippen molar-refractivity contribution in [2.24, 2.45) is 0 Å². The van der Waals surface area contributed by atoms with E-state index in [0.29, 0.717) is 24.5 Å². The number of carbonyl (C=O) groups is 1. The molecule has 0 unspecified atom stereocenters. The summed E-state index contributed by atoms with van der Waals surface area (Å²) in [6.07, 6.45) is 3.65. The second-order valence-corrected chi connectivity index (χ2v) is 6.14. The molecule has 0 saturated carbocycles. The zero-order valence-corrected chi connectivity index (χ0v) is 14.2. The molecule has 0 fully saturated rings. The Hall–Kier alpha value is -2.60. The maximum absolute atomic E-state index is 12.6. The van der Waals surface area contributed by atoms with Gasteiger partial charge in [0.25, 0.3) is 5.91 Å². The summed E-state index contributed by atoms with van der Waals surface area (Å²) >= 11 is 1.65. The molecule has 1 aromatic carbocycles. The van der Waals surface area contributed by atoms with Crippen LogP contribution >= 0.6 is 11.3 Å². The summed E-state index contributed by atoms with van der Waals surface area (Å²) in [5.41, 5.74) is 0.546. The van der Waals surface area contributed by atoms with Crippen LogP contribution < -0.4 is 10.1 Å². The SMILES string of the molecule is CCOc1ccccc1C(=O)NC[C@H](c1cccs1)n1cccn1. The predicted octanol–water partition coefficient (Wildman–Crippen LogP) is 3.36. The Balaban J connectivity index is 1.74. The van der Waals surface area contributed by atoms with Crippen LogP contribution in [0.15, 0.2) is 60.2 Å². The van der Waals surface area contributed by atoms with E-state index in [1.165, 1.54) is 0 Å². The van der Waals surface area contributed by atoms with E-state index < -0.39 is 0 Å². The molecule has 0 bridgehead atoms. The summed E-state index contributed by atoms with van der Waals surface area (Å²) < 4.78 is 7.39. The third-order valence-electron chi connectivity index (χ3n) is 3.60. The highest BCUT2D eigenvalue weighted by atomic mass is 32.1. The summed E-state index contributed by atoms with van der Waals surface area (Å²) in [6, 6.07) is 13.2. The molecule has 0 radical (unpaired) electrons. The van der Waals surface area contributed by atoms with Crippen molar-refractivity contribution in [3.05, 3.63) is 70.7 Å². The molecular weight excluding hydrogens is 322 g/mol. The number of rotatable bonds is 7. The summed E-state index contributed by atoms with van der Waals surface area (Å²) in [5, 5.41) is 9.34. The van der Waals surface area contributed by atoms with Gasteiger partial charge in [-0.3, -0.25) is 9.48 Å². The average molecular weight is 341 g/mol. The van der Waals surface area contributed by atoms with Crippen LogP contribution in [0.3, 0.4) is 0 Å². The lowest BCUT2D eigenvalue weighted by atomic mass is 10.1. The first kappa shape index (κ1) is 16.3. The van der Waals surface area contributed by atoms with Crippen molar-refractivity contribution in [3.8, 4) is 5.75 Å². The van der Waals surface area contributed by atoms with Crippen molar-refractivity contribution in [1.82, 2.24) is 15.1 Å². The first-order valence-corrected chi connectivity index (χ1v) is 8.70. The normalized spacial score (nSPS) is 11.9. The number of benzene rings is 1. The Labute approximate surface area is 144 Å². The van der Waals surface area contributed by atoms with Gasteiger partial charge < -0.3 is 10.1 Å². The Bertz CT molecular complexity index is 735. The first-order chi connectivity index (χ1) is 11.8. The summed E-state index contributed by atoms with van der Waals surface area (Å²) in [6.45, 7) is 2.89. The van der Waals surface area contributed by atoms with Crippen molar-refractivity contribution in [1.29, 1.82) is 0 Å². The van der Waals surface area contributed by atoms with Crippen LogP contribution in [-0.4, -0.2) is 28.8 Å². The van der Waals surface area contributed by atoms with Crippen molar-refractivity contribution < 1.29 is 9.53 Å². The molecule has 1 atom stereocenters. The number of ether oxygens (including phenoxy) is 1. The van der Waals surface area contributed by atoms with Crippen molar-refractivity contribution in [2.75, 3.05) is 13.2 Å². The molecule has 1 amide bonds. The number of hydrogen-bond acceptors (Lipinski definition) is 4. The highest BCUT2D eigenvalue weighted by Gasteiger charge is 2.18. The van der Waals surface area contributed by atoms with E-state index in [-0.39, 0.29) is 11.9 Å². The molecule has 124 valence electrons. The number of nitrogens with zero attached hydrogens (tertiary/aromatic N) is 2.